The lowest BCUT2D eigenvalue weighted by Crippen LogP contribution is -2.67. The topological polar surface area (TPSA) is 158 Å². The number of esters is 1. The molecule has 0 fully saturated rings. The number of aliphatic hydroxyl groups excluding tert-OH is 2. The number of ketones is 3. The molecule has 0 amide bonds. The average molecular weight is 611 g/mol. The third-order valence-electron chi connectivity index (χ3n) is 9.92. The van der Waals surface area contributed by atoms with Crippen LogP contribution in [0.15, 0.2) is 28.7 Å². The van der Waals surface area contributed by atoms with E-state index in [4.69, 9.17) is 4.74 Å². The number of aryl methyl sites for hydroxylation is 1. The molecule has 9 heteroatoms. The zero-order chi connectivity index (χ0) is 33.3. The van der Waals surface area contributed by atoms with Crippen molar-refractivity contribution in [2.45, 2.75) is 99.5 Å². The first kappa shape index (κ1) is 33.4. The number of fused-ring (bicyclic) bond motifs is 3. The zero-order valence-corrected chi connectivity index (χ0v) is 27.3. The Morgan fingerprint density at radius 3 is 2.18 bits per heavy atom. The van der Waals surface area contributed by atoms with E-state index < -0.39 is 62.8 Å². The third-order valence-corrected chi connectivity index (χ3v) is 9.92. The largest absolute Gasteiger partial charge is 0.511 e. The molecule has 9 nitrogen and oxygen atoms in total. The first-order valence-corrected chi connectivity index (χ1v) is 15.5. The van der Waals surface area contributed by atoms with Gasteiger partial charge in [-0.3, -0.25) is 19.2 Å². The molecule has 3 aliphatic rings. The fourth-order valence-electron chi connectivity index (χ4n) is 8.16. The van der Waals surface area contributed by atoms with E-state index in [-0.39, 0.29) is 66.9 Å². The number of ether oxygens (including phenoxy) is 1. The van der Waals surface area contributed by atoms with Crippen molar-refractivity contribution in [3.63, 3.8) is 0 Å². The van der Waals surface area contributed by atoms with Gasteiger partial charge < -0.3 is 25.2 Å². The summed E-state index contributed by atoms with van der Waals surface area (Å²) in [5, 5.41) is 46.9. The van der Waals surface area contributed by atoms with Gasteiger partial charge in [0.1, 0.15) is 22.8 Å². The van der Waals surface area contributed by atoms with Gasteiger partial charge in [0.05, 0.1) is 12.2 Å². The van der Waals surface area contributed by atoms with Crippen molar-refractivity contribution in [2.24, 2.45) is 28.6 Å². The maximum Gasteiger partial charge on any atom is 0.306 e. The van der Waals surface area contributed by atoms with Gasteiger partial charge in [-0.05, 0) is 60.6 Å². The van der Waals surface area contributed by atoms with E-state index in [1.165, 1.54) is 0 Å². The molecule has 0 saturated carbocycles. The number of Topliss-reactive ketones (excluding diaryl/α,β-unsaturated/α-hetero) is 3. The van der Waals surface area contributed by atoms with Gasteiger partial charge in [0.15, 0.2) is 17.2 Å². The summed E-state index contributed by atoms with van der Waals surface area (Å²) in [5.41, 5.74) is -4.23. The second-order valence-electron chi connectivity index (χ2n) is 14.5. The SMILES string of the molecule is CC(=O)C1=C(O)C(C(C)C)[C@@]2(C)C[C@@]3(C)Cc4c(C(C)C)cc(CCC(=O)OCC(C)C)c(O)c4C(=O)C3=C(O)[C@@]2(O)C1=O. The molecule has 1 aromatic rings. The summed E-state index contributed by atoms with van der Waals surface area (Å²) in [5.74, 6) is -5.74. The van der Waals surface area contributed by atoms with Crippen LogP contribution in [0.5, 0.6) is 5.75 Å². The number of allylic oxidation sites excluding steroid dienone is 2. The predicted octanol–water partition coefficient (Wildman–Crippen LogP) is 5.60. The molecule has 3 aliphatic carbocycles. The van der Waals surface area contributed by atoms with E-state index >= 15 is 0 Å². The van der Waals surface area contributed by atoms with Crippen LogP contribution in [-0.2, 0) is 32.0 Å². The predicted molar refractivity (Wildman–Crippen MR) is 163 cm³/mol. The minimum Gasteiger partial charge on any atom is -0.511 e. The van der Waals surface area contributed by atoms with Crippen molar-refractivity contribution < 1.29 is 44.3 Å². The van der Waals surface area contributed by atoms with E-state index in [2.05, 4.69) is 0 Å². The first-order valence-electron chi connectivity index (χ1n) is 15.5. The highest BCUT2D eigenvalue weighted by atomic mass is 16.5. The normalized spacial score (nSPS) is 28.4. The molecule has 0 heterocycles. The lowest BCUT2D eigenvalue weighted by Gasteiger charge is -2.59. The molecule has 0 radical (unpaired) electrons. The highest BCUT2D eigenvalue weighted by Crippen LogP contribution is 2.65. The van der Waals surface area contributed by atoms with Crippen molar-refractivity contribution in [1.82, 2.24) is 0 Å². The quantitative estimate of drug-likeness (QED) is 0.217. The van der Waals surface area contributed by atoms with Crippen LogP contribution in [0.1, 0.15) is 108 Å². The Kier molecular flexibility index (Phi) is 8.48. The number of carbonyl (C=O) groups is 4. The van der Waals surface area contributed by atoms with Crippen molar-refractivity contribution in [3.8, 4) is 5.75 Å². The van der Waals surface area contributed by atoms with Crippen LogP contribution in [0.2, 0.25) is 0 Å². The lowest BCUT2D eigenvalue weighted by molar-refractivity contribution is -0.171. The number of phenolic OH excluding ortho intramolecular Hbond substituents is 1. The average Bonchev–Trinajstić information content (AvgIpc) is 2.88. The maximum absolute atomic E-state index is 14.4. The Morgan fingerprint density at radius 2 is 1.66 bits per heavy atom. The summed E-state index contributed by atoms with van der Waals surface area (Å²) in [6.07, 6.45) is 0.351. The van der Waals surface area contributed by atoms with Crippen LogP contribution in [0.3, 0.4) is 0 Å². The summed E-state index contributed by atoms with van der Waals surface area (Å²) < 4.78 is 5.28. The minimum absolute atomic E-state index is 0.0106. The molecule has 1 aromatic carbocycles. The summed E-state index contributed by atoms with van der Waals surface area (Å²) in [6, 6.07) is 1.81. The number of rotatable bonds is 8. The van der Waals surface area contributed by atoms with Gasteiger partial charge in [0.25, 0.3) is 0 Å². The van der Waals surface area contributed by atoms with Crippen molar-refractivity contribution >= 4 is 23.3 Å². The van der Waals surface area contributed by atoms with Crippen LogP contribution in [0.4, 0.5) is 0 Å². The fourth-order valence-corrected chi connectivity index (χ4v) is 8.16. The summed E-state index contributed by atoms with van der Waals surface area (Å²) in [4.78, 5) is 53.2. The maximum atomic E-state index is 14.4. The van der Waals surface area contributed by atoms with Gasteiger partial charge in [-0.1, -0.05) is 61.5 Å². The molecule has 4 atom stereocenters. The summed E-state index contributed by atoms with van der Waals surface area (Å²) >= 11 is 0. The number of phenols is 1. The number of aliphatic hydroxyl groups is 3. The summed E-state index contributed by atoms with van der Waals surface area (Å²) in [7, 11) is 0. The van der Waals surface area contributed by atoms with E-state index in [0.29, 0.717) is 11.1 Å². The van der Waals surface area contributed by atoms with Gasteiger partial charge in [0, 0.05) is 28.7 Å². The zero-order valence-electron chi connectivity index (χ0n) is 27.3. The van der Waals surface area contributed by atoms with Gasteiger partial charge in [-0.15, -0.1) is 0 Å². The molecule has 1 unspecified atom stereocenters. The third kappa shape index (κ3) is 4.78. The molecule has 0 aliphatic heterocycles. The number of aromatic hydroxyl groups is 1. The van der Waals surface area contributed by atoms with Crippen LogP contribution in [-0.4, -0.2) is 56.0 Å². The van der Waals surface area contributed by atoms with Crippen molar-refractivity contribution in [2.75, 3.05) is 6.61 Å². The molecule has 0 bridgehead atoms. The Morgan fingerprint density at radius 1 is 1.05 bits per heavy atom. The molecule has 0 spiro atoms. The van der Waals surface area contributed by atoms with Crippen molar-refractivity contribution in [1.29, 1.82) is 0 Å². The van der Waals surface area contributed by atoms with Crippen LogP contribution in [0.25, 0.3) is 0 Å². The number of carbonyl (C=O) groups excluding carboxylic acids is 4. The highest BCUT2D eigenvalue weighted by molar-refractivity contribution is 6.25. The molecule has 0 aromatic heterocycles. The highest BCUT2D eigenvalue weighted by Gasteiger charge is 2.71. The van der Waals surface area contributed by atoms with E-state index in [1.807, 2.05) is 33.8 Å². The van der Waals surface area contributed by atoms with E-state index in [1.54, 1.807) is 27.7 Å². The van der Waals surface area contributed by atoms with Crippen LogP contribution < -0.4 is 0 Å². The van der Waals surface area contributed by atoms with E-state index in [9.17, 15) is 39.6 Å². The number of hydrogen-bond acceptors (Lipinski definition) is 9. The Hall–Kier alpha value is -3.46. The summed E-state index contributed by atoms with van der Waals surface area (Å²) in [6.45, 7) is 16.2. The Balaban J connectivity index is 1.93. The van der Waals surface area contributed by atoms with Gasteiger partial charge >= 0.3 is 5.97 Å². The molecule has 4 N–H and O–H groups in total. The van der Waals surface area contributed by atoms with Crippen LogP contribution >= 0.6 is 0 Å². The Bertz CT molecular complexity index is 1510. The first-order chi connectivity index (χ1) is 20.2. The van der Waals surface area contributed by atoms with Crippen molar-refractivity contribution in [3.05, 3.63) is 51.0 Å². The standard InChI is InChI=1S/C35H46O9/c1-16(2)14-44-23(37)11-10-20-12-21(17(3)4)22-13-33(8)15-34(9)26(18(5)6)29(39)24(19(7)36)31(41)35(34,43)32(42)27(33)30(40)25(22)28(20)38/h12,16-18,26,38-39,42-43H,10-11,13-15H2,1-9H3/t26?,33-,34-,35+/m1/s1. The molecule has 0 saturated heterocycles. The smallest absolute Gasteiger partial charge is 0.306 e. The van der Waals surface area contributed by atoms with Gasteiger partial charge in [0.2, 0.25) is 5.78 Å². The second kappa shape index (κ2) is 11.2. The fraction of sp³-hybridized carbons (Fsp3) is 0.600. The molecule has 240 valence electrons. The Labute approximate surface area is 259 Å². The van der Waals surface area contributed by atoms with E-state index in [0.717, 1.165) is 12.5 Å². The molecular weight excluding hydrogens is 564 g/mol. The monoisotopic (exact) mass is 610 g/mol. The van der Waals surface area contributed by atoms with Gasteiger partial charge in [-0.25, -0.2) is 0 Å². The number of hydrogen-bond donors (Lipinski definition) is 4. The van der Waals surface area contributed by atoms with Gasteiger partial charge in [-0.2, -0.15) is 0 Å². The minimum atomic E-state index is -2.66. The number of benzene rings is 1. The molecule has 4 rings (SSSR count). The lowest BCUT2D eigenvalue weighted by atomic mass is 9.44. The second-order valence-corrected chi connectivity index (χ2v) is 14.5. The molecule has 44 heavy (non-hydrogen) atoms. The van der Waals surface area contributed by atoms with Crippen LogP contribution in [0, 0.1) is 28.6 Å². The molecular formula is C35H46O9.